The van der Waals surface area contributed by atoms with Gasteiger partial charge in [0.15, 0.2) is 0 Å². The van der Waals surface area contributed by atoms with Gasteiger partial charge in [0, 0.05) is 23.4 Å². The van der Waals surface area contributed by atoms with Crippen LogP contribution < -0.4 is 5.32 Å². The Morgan fingerprint density at radius 2 is 2.33 bits per heavy atom. The largest absolute Gasteiger partial charge is 0.316 e. The second-order valence-corrected chi connectivity index (χ2v) is 7.21. The quantitative estimate of drug-likeness (QED) is 0.881. The maximum atomic E-state index is 3.68. The van der Waals surface area contributed by atoms with Crippen molar-refractivity contribution in [2.75, 3.05) is 33.2 Å². The van der Waals surface area contributed by atoms with Crippen molar-refractivity contribution in [3.05, 3.63) is 22.4 Å². The van der Waals surface area contributed by atoms with E-state index in [1.165, 1.54) is 37.4 Å². The van der Waals surface area contributed by atoms with Crippen LogP contribution in [0.2, 0.25) is 0 Å². The number of thiophene rings is 1. The van der Waals surface area contributed by atoms with Gasteiger partial charge >= 0.3 is 0 Å². The van der Waals surface area contributed by atoms with Crippen LogP contribution in [0, 0.1) is 5.92 Å². The predicted molar refractivity (Wildman–Crippen MR) is 80.4 cm³/mol. The van der Waals surface area contributed by atoms with Crippen molar-refractivity contribution in [3.8, 4) is 0 Å². The second kappa shape index (κ2) is 6.18. The molecule has 1 saturated heterocycles. The summed E-state index contributed by atoms with van der Waals surface area (Å²) in [4.78, 5) is 3.94. The molecule has 0 saturated carbocycles. The Hall–Kier alpha value is -0.380. The van der Waals surface area contributed by atoms with Crippen molar-refractivity contribution in [1.29, 1.82) is 0 Å². The maximum Gasteiger partial charge on any atom is 0.0115 e. The molecule has 0 radical (unpaired) electrons. The summed E-state index contributed by atoms with van der Waals surface area (Å²) in [5.41, 5.74) is 0.259. The van der Waals surface area contributed by atoms with Crippen LogP contribution in [0.25, 0.3) is 0 Å². The first-order valence-electron chi connectivity index (χ1n) is 7.01. The van der Waals surface area contributed by atoms with E-state index in [2.05, 4.69) is 48.6 Å². The van der Waals surface area contributed by atoms with Gasteiger partial charge in [0.25, 0.3) is 0 Å². The average Bonchev–Trinajstić information content (AvgIpc) is 2.83. The topological polar surface area (TPSA) is 15.3 Å². The zero-order valence-electron chi connectivity index (χ0n) is 11.9. The molecule has 2 nitrogen and oxygen atoms in total. The third-order valence-electron chi connectivity index (χ3n) is 3.91. The van der Waals surface area contributed by atoms with E-state index in [4.69, 9.17) is 0 Å². The van der Waals surface area contributed by atoms with Crippen LogP contribution in [0.4, 0.5) is 0 Å². The zero-order chi connectivity index (χ0) is 13.0. The van der Waals surface area contributed by atoms with E-state index in [1.807, 2.05) is 11.3 Å². The number of hydrogen-bond donors (Lipinski definition) is 1. The molecule has 1 N–H and O–H groups in total. The lowest BCUT2D eigenvalue weighted by Gasteiger charge is -2.31. The van der Waals surface area contributed by atoms with E-state index >= 15 is 0 Å². The number of likely N-dealkylation sites (tertiary alicyclic amines) is 1. The van der Waals surface area contributed by atoms with Gasteiger partial charge in [0.1, 0.15) is 0 Å². The minimum absolute atomic E-state index is 0.259. The Morgan fingerprint density at radius 1 is 1.50 bits per heavy atom. The molecule has 1 unspecified atom stereocenters. The highest BCUT2D eigenvalue weighted by Crippen LogP contribution is 2.26. The summed E-state index contributed by atoms with van der Waals surface area (Å²) in [5.74, 6) is 0.836. The Morgan fingerprint density at radius 3 is 3.00 bits per heavy atom. The van der Waals surface area contributed by atoms with Gasteiger partial charge in [-0.1, -0.05) is 19.9 Å². The van der Waals surface area contributed by atoms with Crippen molar-refractivity contribution < 1.29 is 0 Å². The smallest absolute Gasteiger partial charge is 0.0115 e. The number of nitrogens with one attached hydrogen (secondary N) is 1. The highest BCUT2D eigenvalue weighted by Gasteiger charge is 2.22. The molecule has 0 amide bonds. The van der Waals surface area contributed by atoms with Crippen molar-refractivity contribution in [1.82, 2.24) is 10.2 Å². The summed E-state index contributed by atoms with van der Waals surface area (Å²) in [7, 11) is 2.24. The minimum atomic E-state index is 0.259. The van der Waals surface area contributed by atoms with E-state index in [0.29, 0.717) is 0 Å². The molecule has 18 heavy (non-hydrogen) atoms. The van der Waals surface area contributed by atoms with Crippen molar-refractivity contribution in [2.45, 2.75) is 32.1 Å². The molecule has 2 rings (SSSR count). The first kappa shape index (κ1) is 14.0. The lowest BCUT2D eigenvalue weighted by atomic mass is 9.91. The fourth-order valence-electron chi connectivity index (χ4n) is 2.78. The summed E-state index contributed by atoms with van der Waals surface area (Å²) in [6.45, 7) is 9.44. The molecule has 102 valence electrons. The van der Waals surface area contributed by atoms with Crippen LogP contribution >= 0.6 is 11.3 Å². The van der Waals surface area contributed by atoms with Gasteiger partial charge in [-0.3, -0.25) is 0 Å². The van der Waals surface area contributed by atoms with Crippen LogP contribution in [-0.4, -0.2) is 38.1 Å². The highest BCUT2D eigenvalue weighted by molar-refractivity contribution is 7.10. The normalized spacial score (nSPS) is 22.3. The molecule has 2 heterocycles. The molecule has 0 aliphatic carbocycles. The average molecular weight is 266 g/mol. The number of nitrogens with zero attached hydrogens (tertiary/aromatic N) is 1. The minimum Gasteiger partial charge on any atom is -0.316 e. The molecule has 0 bridgehead atoms. The van der Waals surface area contributed by atoms with E-state index < -0.39 is 0 Å². The molecular formula is C15H26N2S. The molecular weight excluding hydrogens is 240 g/mol. The Balaban J connectivity index is 1.74. The van der Waals surface area contributed by atoms with E-state index in [1.54, 1.807) is 0 Å². The highest BCUT2D eigenvalue weighted by atomic mass is 32.1. The van der Waals surface area contributed by atoms with Gasteiger partial charge in [0.2, 0.25) is 0 Å². The first-order chi connectivity index (χ1) is 8.58. The number of hydrogen-bond acceptors (Lipinski definition) is 3. The third-order valence-corrected chi connectivity index (χ3v) is 5.15. The molecule has 1 atom stereocenters. The van der Waals surface area contributed by atoms with Gasteiger partial charge in [-0.2, -0.15) is 0 Å². The van der Waals surface area contributed by atoms with Crippen LogP contribution in [0.15, 0.2) is 17.5 Å². The number of piperidine rings is 1. The maximum absolute atomic E-state index is 3.68. The predicted octanol–water partition coefficient (Wildman–Crippen LogP) is 2.96. The van der Waals surface area contributed by atoms with E-state index in [0.717, 1.165) is 12.5 Å². The first-order valence-corrected chi connectivity index (χ1v) is 7.89. The van der Waals surface area contributed by atoms with Crippen LogP contribution in [0.5, 0.6) is 0 Å². The van der Waals surface area contributed by atoms with Crippen LogP contribution in [0.1, 0.15) is 31.6 Å². The van der Waals surface area contributed by atoms with E-state index in [-0.39, 0.29) is 5.41 Å². The van der Waals surface area contributed by atoms with Gasteiger partial charge < -0.3 is 10.2 Å². The fourth-order valence-corrected chi connectivity index (χ4v) is 3.63. The molecule has 1 aromatic rings. The molecule has 1 fully saturated rings. The molecule has 0 aromatic carbocycles. The standard InChI is InChI=1S/C15H26N2S/c1-15(2,14-7-5-9-18-14)12-16-10-13-6-4-8-17(3)11-13/h5,7,9,13,16H,4,6,8,10-12H2,1-3H3. The Bertz CT molecular complexity index is 345. The van der Waals surface area contributed by atoms with Gasteiger partial charge in [-0.25, -0.2) is 0 Å². The van der Waals surface area contributed by atoms with Crippen molar-refractivity contribution in [3.63, 3.8) is 0 Å². The SMILES string of the molecule is CN1CCCC(CNCC(C)(C)c2cccs2)C1. The van der Waals surface area contributed by atoms with Crippen molar-refractivity contribution in [2.24, 2.45) is 5.92 Å². The van der Waals surface area contributed by atoms with E-state index in [9.17, 15) is 0 Å². The summed E-state index contributed by atoms with van der Waals surface area (Å²) in [6, 6.07) is 4.40. The van der Waals surface area contributed by atoms with Gasteiger partial charge in [0.05, 0.1) is 0 Å². The summed E-state index contributed by atoms with van der Waals surface area (Å²) in [5, 5.41) is 5.86. The van der Waals surface area contributed by atoms with Crippen LogP contribution in [0.3, 0.4) is 0 Å². The van der Waals surface area contributed by atoms with Crippen LogP contribution in [-0.2, 0) is 5.41 Å². The zero-order valence-corrected chi connectivity index (χ0v) is 12.7. The molecule has 1 aliphatic heterocycles. The molecule has 1 aliphatic rings. The Kier molecular flexibility index (Phi) is 4.82. The second-order valence-electron chi connectivity index (χ2n) is 6.26. The monoisotopic (exact) mass is 266 g/mol. The molecule has 1 aromatic heterocycles. The summed E-state index contributed by atoms with van der Waals surface area (Å²) < 4.78 is 0. The molecule has 3 heteroatoms. The van der Waals surface area contributed by atoms with Crippen molar-refractivity contribution >= 4 is 11.3 Å². The summed E-state index contributed by atoms with van der Waals surface area (Å²) in [6.07, 6.45) is 2.74. The Labute approximate surface area is 115 Å². The molecule has 0 spiro atoms. The number of rotatable bonds is 5. The summed E-state index contributed by atoms with van der Waals surface area (Å²) >= 11 is 1.87. The van der Waals surface area contributed by atoms with Gasteiger partial charge in [-0.15, -0.1) is 11.3 Å². The third kappa shape index (κ3) is 3.81. The lowest BCUT2D eigenvalue weighted by molar-refractivity contribution is 0.204. The fraction of sp³-hybridized carbons (Fsp3) is 0.733. The lowest BCUT2D eigenvalue weighted by Crippen LogP contribution is -2.40. The van der Waals surface area contributed by atoms with Gasteiger partial charge in [-0.05, 0) is 50.3 Å².